The average Bonchev–Trinajstić information content (AvgIpc) is 2.74. The van der Waals surface area contributed by atoms with Gasteiger partial charge in [-0.2, -0.15) is 5.26 Å². The van der Waals surface area contributed by atoms with Crippen molar-refractivity contribution in [1.82, 2.24) is 4.98 Å². The van der Waals surface area contributed by atoms with Gasteiger partial charge < -0.3 is 5.32 Å². The first-order chi connectivity index (χ1) is 8.19. The maximum atomic E-state index is 13.1. The summed E-state index contributed by atoms with van der Waals surface area (Å²) in [5.74, 6) is -0.494. The number of benzene rings is 1. The number of anilines is 1. The van der Waals surface area contributed by atoms with E-state index in [1.807, 2.05) is 19.2 Å². The van der Waals surface area contributed by atoms with Crippen LogP contribution in [0.2, 0.25) is 0 Å². The molecule has 0 amide bonds. The van der Waals surface area contributed by atoms with Crippen LogP contribution in [-0.2, 0) is 6.54 Å². The number of halogens is 1. The minimum atomic E-state index is -0.494. The Kier molecular flexibility index (Phi) is 3.35. The molecule has 1 N–H and O–H groups in total. The van der Waals surface area contributed by atoms with Crippen molar-refractivity contribution >= 4 is 17.0 Å². The van der Waals surface area contributed by atoms with Crippen LogP contribution in [-0.4, -0.2) is 4.98 Å². The topological polar surface area (TPSA) is 48.7 Å². The summed E-state index contributed by atoms with van der Waals surface area (Å²) in [6.45, 7) is 2.57. The molecule has 0 radical (unpaired) electrons. The number of nitrogens with zero attached hydrogens (tertiary/aromatic N) is 2. The van der Waals surface area contributed by atoms with Gasteiger partial charge in [-0.15, -0.1) is 11.3 Å². The molecule has 2 rings (SSSR count). The Hall–Kier alpha value is -1.93. The van der Waals surface area contributed by atoms with Crippen LogP contribution in [0.25, 0.3) is 0 Å². The fraction of sp³-hybridized carbons (Fsp3) is 0.167. The molecule has 0 bridgehead atoms. The molecule has 17 heavy (non-hydrogen) atoms. The number of thiazole rings is 1. The molecule has 1 aromatic heterocycles. The molecular weight excluding hydrogens is 237 g/mol. The zero-order valence-corrected chi connectivity index (χ0v) is 10.0. The number of rotatable bonds is 3. The second-order valence-corrected chi connectivity index (χ2v) is 4.82. The molecule has 1 aromatic carbocycles. The van der Waals surface area contributed by atoms with Crippen molar-refractivity contribution in [3.8, 4) is 6.07 Å². The summed E-state index contributed by atoms with van der Waals surface area (Å²) < 4.78 is 13.1. The fourth-order valence-corrected chi connectivity index (χ4v) is 2.13. The van der Waals surface area contributed by atoms with Gasteiger partial charge in [0, 0.05) is 16.8 Å². The average molecular weight is 247 g/mol. The van der Waals surface area contributed by atoms with Crippen LogP contribution in [0.15, 0.2) is 24.4 Å². The summed E-state index contributed by atoms with van der Waals surface area (Å²) in [7, 11) is 0. The predicted molar refractivity (Wildman–Crippen MR) is 65.3 cm³/mol. The second kappa shape index (κ2) is 4.93. The molecule has 5 heteroatoms. The van der Waals surface area contributed by atoms with Crippen molar-refractivity contribution in [2.45, 2.75) is 13.5 Å². The van der Waals surface area contributed by atoms with Gasteiger partial charge in [0.1, 0.15) is 11.9 Å². The molecule has 0 unspecified atom stereocenters. The van der Waals surface area contributed by atoms with E-state index in [9.17, 15) is 4.39 Å². The zero-order valence-electron chi connectivity index (χ0n) is 9.20. The lowest BCUT2D eigenvalue weighted by Gasteiger charge is -2.04. The Balaban J connectivity index is 2.07. The van der Waals surface area contributed by atoms with E-state index in [1.54, 1.807) is 17.4 Å². The van der Waals surface area contributed by atoms with Gasteiger partial charge in [0.15, 0.2) is 0 Å². The summed E-state index contributed by atoms with van der Waals surface area (Å²) in [6.07, 6.45) is 1.81. The van der Waals surface area contributed by atoms with Gasteiger partial charge in [0.05, 0.1) is 17.1 Å². The Bertz CT molecular complexity index is 571. The highest BCUT2D eigenvalue weighted by Gasteiger charge is 2.03. The van der Waals surface area contributed by atoms with Crippen molar-refractivity contribution < 1.29 is 4.39 Å². The van der Waals surface area contributed by atoms with Crippen molar-refractivity contribution in [2.75, 3.05) is 5.32 Å². The Morgan fingerprint density at radius 1 is 1.53 bits per heavy atom. The summed E-state index contributed by atoms with van der Waals surface area (Å²) >= 11 is 1.61. The van der Waals surface area contributed by atoms with E-state index in [-0.39, 0.29) is 5.56 Å². The molecule has 2 aromatic rings. The highest BCUT2D eigenvalue weighted by atomic mass is 32.1. The van der Waals surface area contributed by atoms with Crippen LogP contribution in [0.5, 0.6) is 0 Å². The standard InChI is InChI=1S/C12H10FN3S/c1-8-15-6-11(17-8)7-16-10-2-3-12(13)9(4-10)5-14/h2-4,6,16H,7H2,1H3. The van der Waals surface area contributed by atoms with Crippen molar-refractivity contribution in [3.63, 3.8) is 0 Å². The monoisotopic (exact) mass is 247 g/mol. The van der Waals surface area contributed by atoms with E-state index in [1.165, 1.54) is 12.1 Å². The molecule has 0 aliphatic rings. The van der Waals surface area contributed by atoms with E-state index in [0.717, 1.165) is 15.6 Å². The van der Waals surface area contributed by atoms with Gasteiger partial charge in [-0.3, -0.25) is 0 Å². The van der Waals surface area contributed by atoms with Crippen LogP contribution < -0.4 is 5.32 Å². The van der Waals surface area contributed by atoms with E-state index >= 15 is 0 Å². The van der Waals surface area contributed by atoms with Gasteiger partial charge in [0.25, 0.3) is 0 Å². The maximum absolute atomic E-state index is 13.1. The van der Waals surface area contributed by atoms with Crippen LogP contribution >= 0.6 is 11.3 Å². The molecule has 0 spiro atoms. The highest BCUT2D eigenvalue weighted by Crippen LogP contribution is 2.17. The molecule has 0 fully saturated rings. The summed E-state index contributed by atoms with van der Waals surface area (Å²) in [6, 6.07) is 6.22. The number of aromatic nitrogens is 1. The Labute approximate surface area is 103 Å². The Morgan fingerprint density at radius 3 is 3.00 bits per heavy atom. The Morgan fingerprint density at radius 2 is 2.35 bits per heavy atom. The number of aryl methyl sites for hydroxylation is 1. The van der Waals surface area contributed by atoms with Crippen LogP contribution in [0.4, 0.5) is 10.1 Å². The molecule has 0 atom stereocenters. The van der Waals surface area contributed by atoms with Gasteiger partial charge in [-0.1, -0.05) is 0 Å². The summed E-state index contributed by atoms with van der Waals surface area (Å²) in [4.78, 5) is 5.25. The SMILES string of the molecule is Cc1ncc(CNc2ccc(F)c(C#N)c2)s1. The first-order valence-electron chi connectivity index (χ1n) is 5.04. The lowest BCUT2D eigenvalue weighted by Crippen LogP contribution is -1.98. The van der Waals surface area contributed by atoms with E-state index in [0.29, 0.717) is 6.54 Å². The molecule has 0 saturated carbocycles. The first-order valence-corrected chi connectivity index (χ1v) is 5.85. The van der Waals surface area contributed by atoms with Crippen molar-refractivity contribution in [1.29, 1.82) is 5.26 Å². The lowest BCUT2D eigenvalue weighted by molar-refractivity contribution is 0.624. The first kappa shape index (κ1) is 11.6. The van der Waals surface area contributed by atoms with Crippen molar-refractivity contribution in [3.05, 3.63) is 45.7 Å². The smallest absolute Gasteiger partial charge is 0.141 e. The molecular formula is C12H10FN3S. The summed E-state index contributed by atoms with van der Waals surface area (Å²) in [5, 5.41) is 12.8. The van der Waals surface area contributed by atoms with Crippen LogP contribution in [0.1, 0.15) is 15.4 Å². The van der Waals surface area contributed by atoms with Crippen LogP contribution in [0.3, 0.4) is 0 Å². The third-order valence-corrected chi connectivity index (χ3v) is 3.14. The maximum Gasteiger partial charge on any atom is 0.141 e. The fourth-order valence-electron chi connectivity index (χ4n) is 1.40. The minimum Gasteiger partial charge on any atom is -0.380 e. The number of nitriles is 1. The van der Waals surface area contributed by atoms with Gasteiger partial charge in [0.2, 0.25) is 0 Å². The largest absolute Gasteiger partial charge is 0.380 e. The third-order valence-electron chi connectivity index (χ3n) is 2.22. The van der Waals surface area contributed by atoms with Gasteiger partial charge in [-0.05, 0) is 25.1 Å². The molecule has 1 heterocycles. The normalized spacial score (nSPS) is 9.94. The van der Waals surface area contributed by atoms with Crippen molar-refractivity contribution in [2.24, 2.45) is 0 Å². The second-order valence-electron chi connectivity index (χ2n) is 3.51. The molecule has 86 valence electrons. The quantitative estimate of drug-likeness (QED) is 0.906. The lowest BCUT2D eigenvalue weighted by atomic mass is 10.2. The van der Waals surface area contributed by atoms with E-state index in [2.05, 4.69) is 10.3 Å². The van der Waals surface area contributed by atoms with Gasteiger partial charge >= 0.3 is 0 Å². The number of hydrogen-bond donors (Lipinski definition) is 1. The third kappa shape index (κ3) is 2.80. The van der Waals surface area contributed by atoms with E-state index in [4.69, 9.17) is 5.26 Å². The van der Waals surface area contributed by atoms with Gasteiger partial charge in [-0.25, -0.2) is 9.37 Å². The summed E-state index contributed by atoms with van der Waals surface area (Å²) in [5.41, 5.74) is 0.782. The van der Waals surface area contributed by atoms with E-state index < -0.39 is 5.82 Å². The minimum absolute atomic E-state index is 0.0514. The number of hydrogen-bond acceptors (Lipinski definition) is 4. The molecule has 0 saturated heterocycles. The molecule has 0 aliphatic heterocycles. The number of nitrogens with one attached hydrogen (secondary N) is 1. The zero-order chi connectivity index (χ0) is 12.3. The predicted octanol–water partition coefficient (Wildman–Crippen LogP) is 3.07. The highest BCUT2D eigenvalue weighted by molar-refractivity contribution is 7.11. The molecule has 0 aliphatic carbocycles. The van der Waals surface area contributed by atoms with Crippen LogP contribution in [0, 0.1) is 24.1 Å². The molecule has 3 nitrogen and oxygen atoms in total.